The fourth-order valence-electron chi connectivity index (χ4n) is 6.75. The summed E-state index contributed by atoms with van der Waals surface area (Å²) in [5.74, 6) is 0. The predicted molar refractivity (Wildman–Crippen MR) is 221 cm³/mol. The first-order chi connectivity index (χ1) is 25.0. The predicted octanol–water partition coefficient (Wildman–Crippen LogP) is 12.1. The van der Waals surface area contributed by atoms with E-state index in [1.807, 2.05) is 36.5 Å². The molecule has 8 aromatic rings. The summed E-state index contributed by atoms with van der Waals surface area (Å²) in [5.41, 5.74) is 13.1. The minimum absolute atomic E-state index is 0. The van der Waals surface area contributed by atoms with E-state index in [2.05, 4.69) is 163 Å². The van der Waals surface area contributed by atoms with Crippen LogP contribution in [0.5, 0.6) is 0 Å². The Kier molecular flexibility index (Phi) is 11.1. The second-order valence-corrected chi connectivity index (χ2v) is 20.2. The minimum atomic E-state index is -1.47. The third-order valence-electron chi connectivity index (χ3n) is 9.90. The molecule has 0 aliphatic carbocycles. The van der Waals surface area contributed by atoms with Crippen LogP contribution in [0.2, 0.25) is 19.6 Å². The van der Waals surface area contributed by atoms with E-state index >= 15 is 0 Å². The number of hydrogen-bond donors (Lipinski definition) is 0. The van der Waals surface area contributed by atoms with Gasteiger partial charge >= 0.3 is 0 Å². The van der Waals surface area contributed by atoms with Crippen molar-refractivity contribution in [3.63, 3.8) is 0 Å². The van der Waals surface area contributed by atoms with Crippen molar-refractivity contribution >= 4 is 35.2 Å². The van der Waals surface area contributed by atoms with Crippen molar-refractivity contribution in [1.82, 2.24) is 9.97 Å². The van der Waals surface area contributed by atoms with Crippen LogP contribution in [0.25, 0.3) is 55.6 Å². The first-order valence-corrected chi connectivity index (χ1v) is 21.4. The van der Waals surface area contributed by atoms with E-state index in [4.69, 9.17) is 14.4 Å². The van der Waals surface area contributed by atoms with Gasteiger partial charge in [-0.2, -0.15) is 0 Å². The first-order valence-electron chi connectivity index (χ1n) is 17.9. The van der Waals surface area contributed by atoms with Crippen LogP contribution in [-0.2, 0) is 25.5 Å². The minimum Gasteiger partial charge on any atom is -0.500 e. The second kappa shape index (κ2) is 15.6. The molecule has 5 aromatic carbocycles. The summed E-state index contributed by atoms with van der Waals surface area (Å²) in [6.45, 7) is 15.8. The SMILES string of the molecule is Cc1c[c-]c(-c2cc(-c3ccccc3)c([Si](C)(C)C)cn2)cc1.Cc1cc(C(C)(C)c2ccccc2)cnc1-c1[c-]cc2oc3ccccc3c2c1.[Ir]. The summed E-state index contributed by atoms with van der Waals surface area (Å²) in [7, 11) is -1.47. The fourth-order valence-corrected chi connectivity index (χ4v) is 8.22. The molecule has 0 fully saturated rings. The van der Waals surface area contributed by atoms with Gasteiger partial charge in [0.1, 0.15) is 5.58 Å². The van der Waals surface area contributed by atoms with E-state index in [0.717, 1.165) is 50.0 Å². The maximum atomic E-state index is 5.93. The van der Waals surface area contributed by atoms with Crippen molar-refractivity contribution in [3.05, 3.63) is 174 Å². The van der Waals surface area contributed by atoms with Crippen LogP contribution in [0.3, 0.4) is 0 Å². The Morgan fingerprint density at radius 2 is 1.30 bits per heavy atom. The molecule has 3 heterocycles. The van der Waals surface area contributed by atoms with E-state index in [1.54, 1.807) is 0 Å². The van der Waals surface area contributed by atoms with E-state index in [-0.39, 0.29) is 25.5 Å². The molecule has 3 aromatic heterocycles. The number of rotatable bonds is 6. The van der Waals surface area contributed by atoms with E-state index < -0.39 is 8.07 Å². The molecular weight excluding hydrogens is 841 g/mol. The molecule has 0 saturated carbocycles. The zero-order valence-electron chi connectivity index (χ0n) is 31.4. The number of para-hydroxylation sites is 1. The van der Waals surface area contributed by atoms with Crippen molar-refractivity contribution in [2.24, 2.45) is 0 Å². The Balaban J connectivity index is 0.000000183. The van der Waals surface area contributed by atoms with E-state index in [0.29, 0.717) is 0 Å². The van der Waals surface area contributed by atoms with Crippen LogP contribution in [0, 0.1) is 26.0 Å². The van der Waals surface area contributed by atoms with E-state index in [1.165, 1.54) is 33.0 Å². The number of aryl methyl sites for hydroxylation is 2. The second-order valence-electron chi connectivity index (χ2n) is 15.1. The number of hydrogen-bond acceptors (Lipinski definition) is 3. The van der Waals surface area contributed by atoms with Crippen LogP contribution in [0.4, 0.5) is 0 Å². The molecule has 0 unspecified atom stereocenters. The van der Waals surface area contributed by atoms with Crippen molar-refractivity contribution in [1.29, 1.82) is 0 Å². The fraction of sp³-hybridized carbons (Fsp3) is 0.167. The molecule has 3 nitrogen and oxygen atoms in total. The topological polar surface area (TPSA) is 38.9 Å². The van der Waals surface area contributed by atoms with Crippen LogP contribution >= 0.6 is 0 Å². The Hall–Kier alpha value is -4.93. The first kappa shape index (κ1) is 37.8. The number of fused-ring (bicyclic) bond motifs is 3. The molecule has 0 aliphatic heterocycles. The standard InChI is InChI=1S/C27H22NO.C21H22NSi.Ir/c1-18-15-21(27(2,3)20-9-5-4-6-10-20)17-28-26(18)19-13-14-25-23(16-19)22-11-7-8-12-24(22)29-25;1-16-10-12-18(13-11-16)20-14-19(17-8-6-5-7-9-17)21(15-22-20)23(2,3)4;/h4-12,14-17H,1-3H3;5-12,14-15H,1-4H3;/q2*-1;. The number of benzene rings is 5. The quantitative estimate of drug-likeness (QED) is 0.123. The number of aromatic nitrogens is 2. The Bertz CT molecular complexity index is 2480. The Labute approximate surface area is 328 Å². The molecule has 0 atom stereocenters. The Morgan fingerprint density at radius 1 is 0.623 bits per heavy atom. The molecule has 8 rings (SSSR count). The molecule has 0 saturated heterocycles. The molecule has 5 heteroatoms. The maximum absolute atomic E-state index is 5.93. The van der Waals surface area contributed by atoms with Crippen LogP contribution < -0.4 is 5.19 Å². The van der Waals surface area contributed by atoms with Gasteiger partial charge in [-0.05, 0) is 51.8 Å². The van der Waals surface area contributed by atoms with Crippen molar-refractivity contribution in [2.75, 3.05) is 0 Å². The van der Waals surface area contributed by atoms with Gasteiger partial charge in [0.2, 0.25) is 0 Å². The van der Waals surface area contributed by atoms with Gasteiger partial charge < -0.3 is 14.4 Å². The van der Waals surface area contributed by atoms with Crippen LogP contribution in [0.15, 0.2) is 144 Å². The molecule has 0 aliphatic rings. The summed E-state index contributed by atoms with van der Waals surface area (Å²) in [4.78, 5) is 9.58. The summed E-state index contributed by atoms with van der Waals surface area (Å²) in [5, 5.41) is 3.63. The zero-order valence-corrected chi connectivity index (χ0v) is 34.8. The number of pyridine rings is 2. The van der Waals surface area contributed by atoms with E-state index in [9.17, 15) is 0 Å². The van der Waals surface area contributed by atoms with Crippen molar-refractivity contribution < 1.29 is 24.5 Å². The van der Waals surface area contributed by atoms with Gasteiger partial charge in [-0.1, -0.05) is 142 Å². The summed E-state index contributed by atoms with van der Waals surface area (Å²) in [6.07, 6.45) is 4.08. The average molecular weight is 885 g/mol. The molecule has 1 radical (unpaired) electrons. The smallest absolute Gasteiger partial charge is 0.120 e. The summed E-state index contributed by atoms with van der Waals surface area (Å²) in [6, 6.07) is 50.8. The summed E-state index contributed by atoms with van der Waals surface area (Å²) >= 11 is 0. The molecule has 0 bridgehead atoms. The monoisotopic (exact) mass is 885 g/mol. The number of nitrogens with zero attached hydrogens (tertiary/aromatic N) is 2. The van der Waals surface area contributed by atoms with Crippen LogP contribution in [-0.4, -0.2) is 18.0 Å². The molecule has 0 spiro atoms. The molecule has 0 N–H and O–H groups in total. The third-order valence-corrected chi connectivity index (χ3v) is 11.9. The van der Waals surface area contributed by atoms with Crippen LogP contribution in [0.1, 0.15) is 36.1 Å². The van der Waals surface area contributed by atoms with Gasteiger partial charge in [0.05, 0.1) is 13.7 Å². The van der Waals surface area contributed by atoms with Gasteiger partial charge in [-0.15, -0.1) is 59.2 Å². The van der Waals surface area contributed by atoms with Gasteiger partial charge in [0.25, 0.3) is 0 Å². The molecule has 53 heavy (non-hydrogen) atoms. The van der Waals surface area contributed by atoms with Gasteiger partial charge in [-0.25, -0.2) is 0 Å². The zero-order chi connectivity index (χ0) is 36.5. The molecular formula is C48H44IrN2OSi-2. The molecule has 267 valence electrons. The Morgan fingerprint density at radius 3 is 1.98 bits per heavy atom. The van der Waals surface area contributed by atoms with Crippen molar-refractivity contribution in [2.45, 2.75) is 52.8 Å². The van der Waals surface area contributed by atoms with Gasteiger partial charge in [-0.3, -0.25) is 0 Å². The van der Waals surface area contributed by atoms with Gasteiger partial charge in [0.15, 0.2) is 0 Å². The average Bonchev–Trinajstić information content (AvgIpc) is 3.53. The third kappa shape index (κ3) is 8.04. The maximum Gasteiger partial charge on any atom is 0.120 e. The van der Waals surface area contributed by atoms with Gasteiger partial charge in [0, 0.05) is 43.3 Å². The normalized spacial score (nSPS) is 11.5. The van der Waals surface area contributed by atoms with Crippen molar-refractivity contribution in [3.8, 4) is 33.6 Å². The number of furan rings is 1. The largest absolute Gasteiger partial charge is 0.500 e. The summed E-state index contributed by atoms with van der Waals surface area (Å²) < 4.78 is 5.93. The molecule has 0 amide bonds.